The van der Waals surface area contributed by atoms with Crippen molar-refractivity contribution in [2.75, 3.05) is 19.5 Å². The van der Waals surface area contributed by atoms with E-state index >= 15 is 0 Å². The van der Waals surface area contributed by atoms with Crippen molar-refractivity contribution in [3.63, 3.8) is 0 Å². The summed E-state index contributed by atoms with van der Waals surface area (Å²) in [7, 11) is 1.57. The van der Waals surface area contributed by atoms with Crippen molar-refractivity contribution in [2.45, 2.75) is 26.8 Å². The van der Waals surface area contributed by atoms with E-state index in [0.29, 0.717) is 34.5 Å². The number of methoxy groups -OCH3 is 1. The lowest BCUT2D eigenvalue weighted by Gasteiger charge is -2.14. The number of aliphatic hydroxyl groups is 1. The van der Waals surface area contributed by atoms with Crippen molar-refractivity contribution in [2.24, 2.45) is 0 Å². The molecule has 0 saturated heterocycles. The van der Waals surface area contributed by atoms with Gasteiger partial charge in [0.15, 0.2) is 6.20 Å². The third kappa shape index (κ3) is 3.54. The average Bonchev–Trinajstić information content (AvgIpc) is 2.96. The summed E-state index contributed by atoms with van der Waals surface area (Å²) in [6.45, 7) is 3.83. The lowest BCUT2D eigenvalue weighted by molar-refractivity contribution is -0.615. The van der Waals surface area contributed by atoms with Crippen LogP contribution in [0.1, 0.15) is 28.8 Å². The largest absolute Gasteiger partial charge is 0.618 e. The van der Waals surface area contributed by atoms with Crippen molar-refractivity contribution in [1.29, 1.82) is 0 Å². The standard InChI is InChI=1S/C19H20ClN5O3/c1-11-8-25(27)14(12(2)16(11)28-3)10-24-9-13(6-4-5-7-26)15-17(20)22-19(21)23-18(15)24/h8-9,26H,5,7,10H2,1-3H3,(H2,21,22,23). The predicted octanol–water partition coefficient (Wildman–Crippen LogP) is 1.71. The van der Waals surface area contributed by atoms with Crippen LogP contribution >= 0.6 is 11.6 Å². The minimum absolute atomic E-state index is 0.0277. The number of halogens is 1. The number of rotatable bonds is 4. The Kier molecular flexibility index (Phi) is 5.58. The zero-order valence-corrected chi connectivity index (χ0v) is 16.5. The number of pyridine rings is 1. The topological polar surface area (TPSA) is 113 Å². The van der Waals surface area contributed by atoms with Crippen molar-refractivity contribution >= 4 is 28.6 Å². The van der Waals surface area contributed by atoms with Gasteiger partial charge in [-0.25, -0.2) is 4.98 Å². The molecule has 0 atom stereocenters. The molecule has 0 saturated carbocycles. The summed E-state index contributed by atoms with van der Waals surface area (Å²) in [5, 5.41) is 22.2. The summed E-state index contributed by atoms with van der Waals surface area (Å²) in [5.41, 5.74) is 8.83. The van der Waals surface area contributed by atoms with Gasteiger partial charge in [-0.05, 0) is 13.8 Å². The van der Waals surface area contributed by atoms with Gasteiger partial charge in [-0.15, -0.1) is 0 Å². The number of aliphatic hydroxyl groups excluding tert-OH is 1. The number of nitrogens with two attached hydrogens (primary N) is 1. The highest BCUT2D eigenvalue weighted by molar-refractivity contribution is 6.34. The Balaban J connectivity index is 2.19. The van der Waals surface area contributed by atoms with Crippen LogP contribution in [0.25, 0.3) is 11.0 Å². The fourth-order valence-electron chi connectivity index (χ4n) is 3.16. The van der Waals surface area contributed by atoms with Gasteiger partial charge in [0.25, 0.3) is 0 Å². The van der Waals surface area contributed by atoms with Gasteiger partial charge in [-0.2, -0.15) is 9.71 Å². The van der Waals surface area contributed by atoms with Crippen LogP contribution in [0.5, 0.6) is 5.75 Å². The maximum Gasteiger partial charge on any atom is 0.223 e. The van der Waals surface area contributed by atoms with Crippen LogP contribution in [0, 0.1) is 30.9 Å². The van der Waals surface area contributed by atoms with Gasteiger partial charge in [0.1, 0.15) is 23.1 Å². The molecule has 3 N–H and O–H groups in total. The molecule has 0 aliphatic carbocycles. The molecule has 0 aromatic carbocycles. The Morgan fingerprint density at radius 3 is 2.82 bits per heavy atom. The summed E-state index contributed by atoms with van der Waals surface area (Å²) in [6, 6.07) is 0. The van der Waals surface area contributed by atoms with Gasteiger partial charge >= 0.3 is 0 Å². The Labute approximate surface area is 167 Å². The summed E-state index contributed by atoms with van der Waals surface area (Å²) in [6.07, 6.45) is 3.56. The molecule has 0 unspecified atom stereocenters. The number of nitrogens with zero attached hydrogens (tertiary/aromatic N) is 4. The van der Waals surface area contributed by atoms with Crippen molar-refractivity contribution in [3.05, 3.63) is 45.1 Å². The Hall–Kier alpha value is -3.02. The smallest absolute Gasteiger partial charge is 0.223 e. The zero-order valence-electron chi connectivity index (χ0n) is 15.8. The lowest BCUT2D eigenvalue weighted by Crippen LogP contribution is -2.34. The van der Waals surface area contributed by atoms with Crippen molar-refractivity contribution < 1.29 is 14.6 Å². The first-order chi connectivity index (χ1) is 13.4. The van der Waals surface area contributed by atoms with E-state index in [1.807, 2.05) is 13.8 Å². The molecule has 3 rings (SSSR count). The number of hydrogen-bond donors (Lipinski definition) is 2. The molecule has 0 aliphatic heterocycles. The zero-order chi connectivity index (χ0) is 20.4. The van der Waals surface area contributed by atoms with Crippen molar-refractivity contribution in [1.82, 2.24) is 14.5 Å². The molecule has 0 spiro atoms. The number of ether oxygens (including phenoxy) is 1. The molecule has 0 radical (unpaired) electrons. The van der Waals surface area contributed by atoms with E-state index in [0.717, 1.165) is 15.9 Å². The molecular formula is C19H20ClN5O3. The van der Waals surface area contributed by atoms with E-state index in [1.54, 1.807) is 17.9 Å². The fourth-order valence-corrected chi connectivity index (χ4v) is 3.43. The van der Waals surface area contributed by atoms with E-state index in [2.05, 4.69) is 21.8 Å². The number of aromatic nitrogens is 4. The number of hydrogen-bond acceptors (Lipinski definition) is 6. The Bertz CT molecular complexity index is 1110. The molecule has 3 aromatic rings. The number of nitrogen functional groups attached to an aromatic ring is 1. The van der Waals surface area contributed by atoms with Gasteiger partial charge < -0.3 is 25.4 Å². The highest BCUT2D eigenvalue weighted by Gasteiger charge is 2.21. The quantitative estimate of drug-likeness (QED) is 0.298. The lowest BCUT2D eigenvalue weighted by atomic mass is 10.1. The Morgan fingerprint density at radius 2 is 2.14 bits per heavy atom. The van der Waals surface area contributed by atoms with Gasteiger partial charge in [-0.1, -0.05) is 23.4 Å². The number of aryl methyl sites for hydroxylation is 1. The minimum atomic E-state index is -0.0403. The molecule has 3 heterocycles. The summed E-state index contributed by atoms with van der Waals surface area (Å²) >= 11 is 6.28. The summed E-state index contributed by atoms with van der Waals surface area (Å²) in [4.78, 5) is 8.29. The van der Waals surface area contributed by atoms with Crippen LogP contribution in [0.2, 0.25) is 5.15 Å². The highest BCUT2D eigenvalue weighted by Crippen LogP contribution is 2.29. The van der Waals surface area contributed by atoms with E-state index in [-0.39, 0.29) is 24.3 Å². The second-order valence-electron chi connectivity index (χ2n) is 6.26. The minimum Gasteiger partial charge on any atom is -0.618 e. The molecule has 0 amide bonds. The third-order valence-electron chi connectivity index (χ3n) is 4.38. The normalized spacial score (nSPS) is 10.8. The van der Waals surface area contributed by atoms with E-state index < -0.39 is 0 Å². The number of anilines is 1. The summed E-state index contributed by atoms with van der Waals surface area (Å²) in [5.74, 6) is 6.52. The number of fused-ring (bicyclic) bond motifs is 1. The first-order valence-electron chi connectivity index (χ1n) is 8.55. The van der Waals surface area contributed by atoms with Crippen LogP contribution in [-0.2, 0) is 6.54 Å². The summed E-state index contributed by atoms with van der Waals surface area (Å²) < 4.78 is 8.01. The molecule has 3 aromatic heterocycles. The first kappa shape index (κ1) is 19.7. The van der Waals surface area contributed by atoms with Crippen LogP contribution in [0.3, 0.4) is 0 Å². The van der Waals surface area contributed by atoms with Crippen molar-refractivity contribution in [3.8, 4) is 17.6 Å². The first-order valence-corrected chi connectivity index (χ1v) is 8.93. The van der Waals surface area contributed by atoms with Crippen LogP contribution in [0.4, 0.5) is 5.95 Å². The molecular weight excluding hydrogens is 382 g/mol. The fraction of sp³-hybridized carbons (Fsp3) is 0.316. The maximum absolute atomic E-state index is 12.5. The maximum atomic E-state index is 12.5. The average molecular weight is 402 g/mol. The Morgan fingerprint density at radius 1 is 1.39 bits per heavy atom. The molecule has 9 heteroatoms. The highest BCUT2D eigenvalue weighted by atomic mass is 35.5. The van der Waals surface area contributed by atoms with Crippen LogP contribution in [-0.4, -0.2) is 33.4 Å². The third-order valence-corrected chi connectivity index (χ3v) is 4.66. The molecule has 8 nitrogen and oxygen atoms in total. The molecule has 28 heavy (non-hydrogen) atoms. The molecule has 0 fully saturated rings. The van der Waals surface area contributed by atoms with Crippen LogP contribution in [0.15, 0.2) is 12.4 Å². The van der Waals surface area contributed by atoms with Crippen LogP contribution < -0.4 is 15.2 Å². The van der Waals surface area contributed by atoms with Gasteiger partial charge in [0.05, 0.1) is 35.8 Å². The van der Waals surface area contributed by atoms with Gasteiger partial charge in [0.2, 0.25) is 11.6 Å². The van der Waals surface area contributed by atoms with E-state index in [9.17, 15) is 5.21 Å². The SMILES string of the molecule is COc1c(C)c[n+]([O-])c(Cn2cc(C#CCCO)c3c(Cl)nc(N)nc32)c1C. The second kappa shape index (κ2) is 7.92. The van der Waals surface area contributed by atoms with Gasteiger partial charge in [-0.3, -0.25) is 0 Å². The van der Waals surface area contributed by atoms with E-state index in [1.165, 1.54) is 6.20 Å². The monoisotopic (exact) mass is 401 g/mol. The second-order valence-corrected chi connectivity index (χ2v) is 6.62. The molecule has 146 valence electrons. The molecule has 0 aliphatic rings. The van der Waals surface area contributed by atoms with E-state index in [4.69, 9.17) is 27.2 Å². The van der Waals surface area contributed by atoms with Gasteiger partial charge in [0, 0.05) is 12.6 Å². The molecule has 0 bridgehead atoms. The predicted molar refractivity (Wildman–Crippen MR) is 106 cm³/mol.